The van der Waals surface area contributed by atoms with Gasteiger partial charge in [0.05, 0.1) is 11.6 Å². The van der Waals surface area contributed by atoms with Crippen molar-refractivity contribution in [3.63, 3.8) is 0 Å². The van der Waals surface area contributed by atoms with Crippen molar-refractivity contribution in [2.75, 3.05) is 0 Å². The van der Waals surface area contributed by atoms with Gasteiger partial charge in [0.1, 0.15) is 0 Å². The molecule has 0 radical (unpaired) electrons. The third-order valence-corrected chi connectivity index (χ3v) is 2.69. The zero-order valence-electron chi connectivity index (χ0n) is 11.4. The lowest BCUT2D eigenvalue weighted by Gasteiger charge is -2.11. The summed E-state index contributed by atoms with van der Waals surface area (Å²) in [5.74, 6) is -0.320. The number of halogens is 3. The van der Waals surface area contributed by atoms with Crippen LogP contribution in [0.2, 0.25) is 0 Å². The molecule has 0 aliphatic heterocycles. The molecule has 0 spiro atoms. The summed E-state index contributed by atoms with van der Waals surface area (Å²) < 4.78 is 37.3. The fourth-order valence-corrected chi connectivity index (χ4v) is 1.62. The molecule has 0 heterocycles. The van der Waals surface area contributed by atoms with Crippen molar-refractivity contribution in [2.24, 2.45) is 0 Å². The molecule has 2 nitrogen and oxygen atoms in total. The Labute approximate surface area is 121 Å². The van der Waals surface area contributed by atoms with Crippen LogP contribution in [0.1, 0.15) is 17.5 Å². The molecule has 1 aromatic rings. The Morgan fingerprint density at radius 1 is 1.24 bits per heavy atom. The van der Waals surface area contributed by atoms with Crippen LogP contribution in [0.15, 0.2) is 55.7 Å². The van der Waals surface area contributed by atoms with Gasteiger partial charge in [0.25, 0.3) is 0 Å². The van der Waals surface area contributed by atoms with Gasteiger partial charge in [-0.3, -0.25) is 4.79 Å². The van der Waals surface area contributed by atoms with E-state index in [0.29, 0.717) is 12.0 Å². The van der Waals surface area contributed by atoms with E-state index in [0.717, 1.165) is 18.2 Å². The maximum Gasteiger partial charge on any atom is 0.416 e. The second kappa shape index (κ2) is 7.47. The normalized spacial score (nSPS) is 12.9. The molecule has 0 aliphatic carbocycles. The maximum atomic E-state index is 12.4. The smallest absolute Gasteiger partial charge is 0.346 e. The first-order valence-electron chi connectivity index (χ1n) is 6.26. The van der Waals surface area contributed by atoms with Crippen LogP contribution in [0.4, 0.5) is 13.2 Å². The number of carbonyl (C=O) groups excluding carboxylic acids is 1. The molecule has 1 aromatic carbocycles. The second-order valence-electron chi connectivity index (χ2n) is 4.32. The highest BCUT2D eigenvalue weighted by molar-refractivity contribution is 5.87. The highest BCUT2D eigenvalue weighted by Crippen LogP contribution is 2.29. The third kappa shape index (κ3) is 5.69. The van der Waals surface area contributed by atoms with Gasteiger partial charge in [-0.1, -0.05) is 36.9 Å². The zero-order chi connectivity index (χ0) is 15.9. The minimum absolute atomic E-state index is 0.282. The van der Waals surface area contributed by atoms with Crippen molar-refractivity contribution in [1.82, 2.24) is 5.32 Å². The van der Waals surface area contributed by atoms with E-state index in [2.05, 4.69) is 18.5 Å². The number of alkyl halides is 3. The van der Waals surface area contributed by atoms with Crippen molar-refractivity contribution in [1.29, 1.82) is 0 Å². The van der Waals surface area contributed by atoms with E-state index in [4.69, 9.17) is 0 Å². The van der Waals surface area contributed by atoms with Crippen LogP contribution < -0.4 is 5.32 Å². The number of benzene rings is 1. The third-order valence-electron chi connectivity index (χ3n) is 2.69. The highest BCUT2D eigenvalue weighted by Gasteiger charge is 2.29. The molecule has 1 unspecified atom stereocenters. The van der Waals surface area contributed by atoms with Crippen molar-refractivity contribution in [3.8, 4) is 0 Å². The molecule has 1 amide bonds. The van der Waals surface area contributed by atoms with Gasteiger partial charge >= 0.3 is 6.18 Å². The van der Waals surface area contributed by atoms with Gasteiger partial charge in [-0.15, -0.1) is 6.58 Å². The van der Waals surface area contributed by atoms with E-state index in [9.17, 15) is 18.0 Å². The summed E-state index contributed by atoms with van der Waals surface area (Å²) in [4.78, 5) is 11.2. The molecule has 1 N–H and O–H groups in total. The SMILES string of the molecule is C=CCC(/C=C/c1ccc(C(F)(F)F)cc1)NC(=O)C=C. The van der Waals surface area contributed by atoms with Crippen LogP contribution in [0.3, 0.4) is 0 Å². The topological polar surface area (TPSA) is 29.1 Å². The summed E-state index contributed by atoms with van der Waals surface area (Å²) in [6, 6.07) is 4.50. The minimum Gasteiger partial charge on any atom is -0.346 e. The fourth-order valence-electron chi connectivity index (χ4n) is 1.62. The van der Waals surface area contributed by atoms with Crippen molar-refractivity contribution in [2.45, 2.75) is 18.6 Å². The molecule has 0 bridgehead atoms. The van der Waals surface area contributed by atoms with E-state index in [-0.39, 0.29) is 11.9 Å². The predicted molar refractivity (Wildman–Crippen MR) is 77.4 cm³/mol. The average molecular weight is 295 g/mol. The van der Waals surface area contributed by atoms with Crippen LogP contribution in [-0.2, 0) is 11.0 Å². The van der Waals surface area contributed by atoms with Gasteiger partial charge in [0, 0.05) is 0 Å². The molecule has 0 saturated carbocycles. The Morgan fingerprint density at radius 2 is 1.86 bits per heavy atom. The number of carbonyl (C=O) groups is 1. The highest BCUT2D eigenvalue weighted by atomic mass is 19.4. The summed E-state index contributed by atoms with van der Waals surface area (Å²) >= 11 is 0. The fraction of sp³-hybridized carbons (Fsp3) is 0.188. The standard InChI is InChI=1S/C16H16F3NO/c1-3-5-14(20-15(21)4-2)11-8-12-6-9-13(10-7-12)16(17,18)19/h3-4,6-11,14H,1-2,5H2,(H,20,21)/b11-8+. The van der Waals surface area contributed by atoms with E-state index in [1.807, 2.05) is 0 Å². The first-order valence-corrected chi connectivity index (χ1v) is 6.26. The Morgan fingerprint density at radius 3 is 2.33 bits per heavy atom. The molecule has 0 fully saturated rings. The Kier molecular flexibility index (Phi) is 5.96. The van der Waals surface area contributed by atoms with Gasteiger partial charge in [-0.25, -0.2) is 0 Å². The molecule has 0 aliphatic rings. The molecule has 0 saturated heterocycles. The van der Waals surface area contributed by atoms with Crippen LogP contribution in [0.5, 0.6) is 0 Å². The van der Waals surface area contributed by atoms with Crippen LogP contribution in [0.25, 0.3) is 6.08 Å². The first-order chi connectivity index (χ1) is 9.86. The van der Waals surface area contributed by atoms with Gasteiger partial charge < -0.3 is 5.32 Å². The number of hydrogen-bond donors (Lipinski definition) is 1. The lowest BCUT2D eigenvalue weighted by Crippen LogP contribution is -2.31. The monoisotopic (exact) mass is 295 g/mol. The van der Waals surface area contributed by atoms with Gasteiger partial charge in [0.15, 0.2) is 0 Å². The summed E-state index contributed by atoms with van der Waals surface area (Å²) in [6.45, 7) is 6.95. The average Bonchev–Trinajstić information content (AvgIpc) is 2.44. The molecule has 112 valence electrons. The molecule has 1 atom stereocenters. The Balaban J connectivity index is 2.78. The second-order valence-corrected chi connectivity index (χ2v) is 4.32. The molecular weight excluding hydrogens is 279 g/mol. The van der Waals surface area contributed by atoms with E-state index in [1.54, 1.807) is 18.2 Å². The van der Waals surface area contributed by atoms with Gasteiger partial charge in [-0.05, 0) is 30.2 Å². The lowest BCUT2D eigenvalue weighted by molar-refractivity contribution is -0.137. The van der Waals surface area contributed by atoms with E-state index < -0.39 is 11.7 Å². The summed E-state index contributed by atoms with van der Waals surface area (Å²) in [7, 11) is 0. The molecular formula is C16H16F3NO. The molecule has 21 heavy (non-hydrogen) atoms. The number of nitrogens with one attached hydrogen (secondary N) is 1. The first kappa shape index (κ1) is 16.8. The molecule has 5 heteroatoms. The Hall–Kier alpha value is -2.30. The zero-order valence-corrected chi connectivity index (χ0v) is 11.4. The summed E-state index contributed by atoms with van der Waals surface area (Å²) in [5, 5.41) is 2.68. The predicted octanol–water partition coefficient (Wildman–Crippen LogP) is 3.97. The van der Waals surface area contributed by atoms with Crippen LogP contribution in [-0.4, -0.2) is 11.9 Å². The van der Waals surface area contributed by atoms with E-state index >= 15 is 0 Å². The van der Waals surface area contributed by atoms with Crippen molar-refractivity contribution in [3.05, 3.63) is 66.8 Å². The largest absolute Gasteiger partial charge is 0.416 e. The van der Waals surface area contributed by atoms with Crippen LogP contribution in [0, 0.1) is 0 Å². The van der Waals surface area contributed by atoms with E-state index in [1.165, 1.54) is 12.1 Å². The van der Waals surface area contributed by atoms with Gasteiger partial charge in [-0.2, -0.15) is 13.2 Å². The molecule has 1 rings (SSSR count). The lowest BCUT2D eigenvalue weighted by atomic mass is 10.1. The minimum atomic E-state index is -4.34. The van der Waals surface area contributed by atoms with Crippen molar-refractivity contribution < 1.29 is 18.0 Å². The van der Waals surface area contributed by atoms with Gasteiger partial charge in [0.2, 0.25) is 5.91 Å². The maximum absolute atomic E-state index is 12.4. The number of amides is 1. The van der Waals surface area contributed by atoms with Crippen LogP contribution >= 0.6 is 0 Å². The molecule has 0 aromatic heterocycles. The summed E-state index contributed by atoms with van der Waals surface area (Å²) in [5.41, 5.74) is -0.0767. The number of hydrogen-bond acceptors (Lipinski definition) is 1. The summed E-state index contributed by atoms with van der Waals surface area (Å²) in [6.07, 6.45) is 2.32. The van der Waals surface area contributed by atoms with Crippen molar-refractivity contribution >= 4 is 12.0 Å². The quantitative estimate of drug-likeness (QED) is 0.624. The Bertz CT molecular complexity index is 529. The number of rotatable bonds is 6.